The first kappa shape index (κ1) is 15.8. The Labute approximate surface area is 138 Å². The molecule has 2 aromatic rings. The smallest absolute Gasteiger partial charge is 0.261 e. The van der Waals surface area contributed by atoms with Crippen molar-refractivity contribution in [1.29, 1.82) is 0 Å². The molecular weight excluding hydrogens is 314 g/mol. The molecule has 1 amide bonds. The number of nitrogens with one attached hydrogen (secondary N) is 1. The van der Waals surface area contributed by atoms with Gasteiger partial charge in [-0.05, 0) is 18.7 Å². The second kappa shape index (κ2) is 6.55. The molecule has 0 radical (unpaired) electrons. The predicted molar refractivity (Wildman–Crippen MR) is 89.4 cm³/mol. The topological polar surface area (TPSA) is 74.7 Å². The van der Waals surface area contributed by atoms with Gasteiger partial charge in [-0.25, -0.2) is 4.98 Å². The van der Waals surface area contributed by atoms with Crippen molar-refractivity contribution < 1.29 is 14.6 Å². The van der Waals surface area contributed by atoms with Gasteiger partial charge in [-0.2, -0.15) is 0 Å². The summed E-state index contributed by atoms with van der Waals surface area (Å²) in [5.74, 6) is -0.277. The van der Waals surface area contributed by atoms with Crippen molar-refractivity contribution >= 4 is 22.4 Å². The van der Waals surface area contributed by atoms with Gasteiger partial charge in [0.15, 0.2) is 16.6 Å². The average Bonchev–Trinajstić information content (AvgIpc) is 2.95. The molecule has 1 aromatic heterocycles. The number of phenols is 1. The van der Waals surface area contributed by atoms with E-state index in [4.69, 9.17) is 4.74 Å². The van der Waals surface area contributed by atoms with E-state index in [0.29, 0.717) is 5.13 Å². The van der Waals surface area contributed by atoms with E-state index in [1.54, 1.807) is 18.2 Å². The number of para-hydroxylation sites is 1. The number of benzene rings is 1. The van der Waals surface area contributed by atoms with Crippen LogP contribution >= 0.6 is 11.3 Å². The molecule has 1 aromatic carbocycles. The highest BCUT2D eigenvalue weighted by molar-refractivity contribution is 7.15. The maximum atomic E-state index is 12.4. The Bertz CT molecular complexity index is 729. The summed E-state index contributed by atoms with van der Waals surface area (Å²) in [4.78, 5) is 20.4. The monoisotopic (exact) mass is 333 g/mol. The number of methoxy groups -OCH3 is 1. The average molecular weight is 333 g/mol. The summed E-state index contributed by atoms with van der Waals surface area (Å²) < 4.78 is 5.03. The van der Waals surface area contributed by atoms with E-state index >= 15 is 0 Å². The molecule has 6 nitrogen and oxygen atoms in total. The maximum absolute atomic E-state index is 12.4. The molecule has 0 atom stereocenters. The molecule has 0 saturated heterocycles. The number of rotatable bonds is 4. The van der Waals surface area contributed by atoms with Crippen LogP contribution in [-0.4, -0.2) is 41.1 Å². The quantitative estimate of drug-likeness (QED) is 0.899. The van der Waals surface area contributed by atoms with E-state index < -0.39 is 0 Å². The Morgan fingerprint density at radius 3 is 3.09 bits per heavy atom. The molecule has 122 valence electrons. The van der Waals surface area contributed by atoms with Crippen LogP contribution in [0.3, 0.4) is 0 Å². The van der Waals surface area contributed by atoms with Crippen LogP contribution < -0.4 is 10.1 Å². The van der Waals surface area contributed by atoms with Gasteiger partial charge in [0.1, 0.15) is 0 Å². The molecule has 0 bridgehead atoms. The van der Waals surface area contributed by atoms with Crippen molar-refractivity contribution in [3.05, 3.63) is 34.3 Å². The van der Waals surface area contributed by atoms with Crippen molar-refractivity contribution in [1.82, 2.24) is 9.88 Å². The minimum atomic E-state index is -0.389. The molecule has 0 unspecified atom stereocenters. The molecule has 1 aliphatic rings. The number of likely N-dealkylation sites (N-methyl/N-ethyl adjacent to an activating group) is 1. The number of fused-ring (bicyclic) bond motifs is 1. The number of hydrogen-bond acceptors (Lipinski definition) is 6. The van der Waals surface area contributed by atoms with E-state index in [1.807, 2.05) is 0 Å². The third kappa shape index (κ3) is 3.16. The Hall–Kier alpha value is -2.12. The highest BCUT2D eigenvalue weighted by atomic mass is 32.1. The second-order valence-corrected chi connectivity index (χ2v) is 6.40. The van der Waals surface area contributed by atoms with Crippen LogP contribution in [0.1, 0.15) is 27.9 Å². The van der Waals surface area contributed by atoms with Crippen molar-refractivity contribution in [3.8, 4) is 11.5 Å². The van der Waals surface area contributed by atoms with Gasteiger partial charge in [-0.1, -0.05) is 13.0 Å². The zero-order valence-electron chi connectivity index (χ0n) is 13.1. The van der Waals surface area contributed by atoms with Crippen molar-refractivity contribution in [2.45, 2.75) is 19.9 Å². The van der Waals surface area contributed by atoms with Crippen LogP contribution in [0.2, 0.25) is 0 Å². The number of thiazole rings is 1. The number of phenolic OH excluding ortho intramolecular Hbond substituents is 1. The molecule has 0 fully saturated rings. The molecule has 2 N–H and O–H groups in total. The van der Waals surface area contributed by atoms with Gasteiger partial charge in [-0.15, -0.1) is 11.3 Å². The van der Waals surface area contributed by atoms with E-state index in [9.17, 15) is 9.90 Å². The Kier molecular flexibility index (Phi) is 4.49. The van der Waals surface area contributed by atoms with Gasteiger partial charge in [0, 0.05) is 24.4 Å². The number of anilines is 1. The third-order valence-corrected chi connectivity index (χ3v) is 4.94. The lowest BCUT2D eigenvalue weighted by molar-refractivity contribution is 0.102. The number of aromatic hydroxyl groups is 1. The van der Waals surface area contributed by atoms with Gasteiger partial charge < -0.3 is 9.84 Å². The Morgan fingerprint density at radius 2 is 2.35 bits per heavy atom. The number of amides is 1. The first-order valence-electron chi connectivity index (χ1n) is 7.50. The molecule has 0 saturated carbocycles. The lowest BCUT2D eigenvalue weighted by Crippen LogP contribution is -2.29. The first-order valence-corrected chi connectivity index (χ1v) is 8.32. The molecule has 0 aliphatic carbocycles. The number of carbonyl (C=O) groups is 1. The Balaban J connectivity index is 1.78. The predicted octanol–water partition coefficient (Wildman–Crippen LogP) is 2.49. The molecule has 7 heteroatoms. The fraction of sp³-hybridized carbons (Fsp3) is 0.375. The number of aromatic nitrogens is 1. The molecule has 1 aliphatic heterocycles. The molecule has 2 heterocycles. The van der Waals surface area contributed by atoms with Crippen molar-refractivity contribution in [2.24, 2.45) is 0 Å². The highest BCUT2D eigenvalue weighted by Gasteiger charge is 2.21. The molecule has 23 heavy (non-hydrogen) atoms. The van der Waals surface area contributed by atoms with E-state index in [1.165, 1.54) is 23.3 Å². The first-order chi connectivity index (χ1) is 11.1. The highest BCUT2D eigenvalue weighted by Crippen LogP contribution is 2.32. The van der Waals surface area contributed by atoms with E-state index in [0.717, 1.165) is 31.7 Å². The molecular formula is C16H19N3O3S. The summed E-state index contributed by atoms with van der Waals surface area (Å²) in [6, 6.07) is 4.83. The van der Waals surface area contributed by atoms with Crippen LogP contribution in [0.4, 0.5) is 5.13 Å². The summed E-state index contributed by atoms with van der Waals surface area (Å²) in [6.45, 7) is 5.03. The summed E-state index contributed by atoms with van der Waals surface area (Å²) in [7, 11) is 1.45. The van der Waals surface area contributed by atoms with E-state index in [2.05, 4.69) is 22.1 Å². The summed E-state index contributed by atoms with van der Waals surface area (Å²) in [6.07, 6.45) is 0.903. The zero-order chi connectivity index (χ0) is 16.4. The maximum Gasteiger partial charge on any atom is 0.261 e. The molecule has 3 rings (SSSR count). The number of carbonyl (C=O) groups excluding carboxylic acids is 1. The lowest BCUT2D eigenvalue weighted by atomic mass is 10.1. The van der Waals surface area contributed by atoms with Gasteiger partial charge in [0.05, 0.1) is 18.4 Å². The van der Waals surface area contributed by atoms with Crippen LogP contribution in [0.5, 0.6) is 11.5 Å². The summed E-state index contributed by atoms with van der Waals surface area (Å²) in [5.41, 5.74) is 1.23. The SMILES string of the molecule is CCN1CCc2nc(NC(=O)c3cccc(OC)c3O)sc2C1. The van der Waals surface area contributed by atoms with Crippen LogP contribution in [0.25, 0.3) is 0 Å². The summed E-state index contributed by atoms with van der Waals surface area (Å²) in [5, 5.41) is 13.4. The number of ether oxygens (including phenoxy) is 1. The summed E-state index contributed by atoms with van der Waals surface area (Å²) >= 11 is 1.50. The Morgan fingerprint density at radius 1 is 1.52 bits per heavy atom. The van der Waals surface area contributed by atoms with Gasteiger partial charge in [0.2, 0.25) is 0 Å². The van der Waals surface area contributed by atoms with Crippen LogP contribution in [-0.2, 0) is 13.0 Å². The van der Waals surface area contributed by atoms with Crippen LogP contribution in [0.15, 0.2) is 18.2 Å². The van der Waals surface area contributed by atoms with Crippen molar-refractivity contribution in [2.75, 3.05) is 25.5 Å². The third-order valence-electron chi connectivity index (χ3n) is 3.94. The minimum Gasteiger partial charge on any atom is -0.504 e. The van der Waals surface area contributed by atoms with Crippen molar-refractivity contribution in [3.63, 3.8) is 0 Å². The van der Waals surface area contributed by atoms with Gasteiger partial charge in [0.25, 0.3) is 5.91 Å². The standard InChI is InChI=1S/C16H19N3O3S/c1-3-19-8-7-11-13(9-19)23-16(17-11)18-15(21)10-5-4-6-12(22-2)14(10)20/h4-6,20H,3,7-9H2,1-2H3,(H,17,18,21). The fourth-order valence-corrected chi connectivity index (χ4v) is 3.65. The van der Waals surface area contributed by atoms with Crippen LogP contribution in [0, 0.1) is 0 Å². The fourth-order valence-electron chi connectivity index (χ4n) is 2.61. The van der Waals surface area contributed by atoms with Gasteiger partial charge in [-0.3, -0.25) is 15.0 Å². The lowest BCUT2D eigenvalue weighted by Gasteiger charge is -2.23. The number of hydrogen-bond donors (Lipinski definition) is 2. The van der Waals surface area contributed by atoms with Gasteiger partial charge >= 0.3 is 0 Å². The molecule has 0 spiro atoms. The minimum absolute atomic E-state index is 0.161. The second-order valence-electron chi connectivity index (χ2n) is 5.32. The number of nitrogens with zero attached hydrogens (tertiary/aromatic N) is 2. The van der Waals surface area contributed by atoms with E-state index in [-0.39, 0.29) is 23.0 Å². The largest absolute Gasteiger partial charge is 0.504 e. The normalized spacial score (nSPS) is 14.3. The zero-order valence-corrected chi connectivity index (χ0v) is 13.9.